The van der Waals surface area contributed by atoms with Crippen LogP contribution in [0.3, 0.4) is 0 Å². The van der Waals surface area contributed by atoms with Crippen molar-refractivity contribution in [3.05, 3.63) is 82.9 Å². The van der Waals surface area contributed by atoms with Gasteiger partial charge in [-0.15, -0.1) is 0 Å². The van der Waals surface area contributed by atoms with E-state index in [0.717, 1.165) is 43.8 Å². The number of hydrogen-bond acceptors (Lipinski definition) is 2. The van der Waals surface area contributed by atoms with Crippen LogP contribution >= 0.6 is 0 Å². The molecule has 26 heavy (non-hydrogen) atoms. The summed E-state index contributed by atoms with van der Waals surface area (Å²) >= 11 is 0. The topological polar surface area (TPSA) is 47.6 Å². The fourth-order valence-electron chi connectivity index (χ4n) is 3.78. The number of nitrogens with zero attached hydrogens (tertiary/aromatic N) is 2. The average molecular weight is 332 g/mol. The van der Waals surface area contributed by atoms with E-state index in [2.05, 4.69) is 24.3 Å². The van der Waals surface area contributed by atoms with Gasteiger partial charge in [0.2, 0.25) is 0 Å². The molecule has 4 rings (SSSR count). The van der Waals surface area contributed by atoms with Gasteiger partial charge in [0.05, 0.1) is 11.1 Å². The predicted molar refractivity (Wildman–Crippen MR) is 106 cm³/mol. The second-order valence-corrected chi connectivity index (χ2v) is 6.55. The van der Waals surface area contributed by atoms with Gasteiger partial charge >= 0.3 is 0 Å². The van der Waals surface area contributed by atoms with Crippen molar-refractivity contribution in [2.45, 2.75) is 13.8 Å². The Balaban J connectivity index is 2.33. The number of nitriles is 2. The lowest BCUT2D eigenvalue weighted by Crippen LogP contribution is -1.97. The Morgan fingerprint density at radius 3 is 1.38 bits per heavy atom. The van der Waals surface area contributed by atoms with E-state index in [9.17, 15) is 10.5 Å². The van der Waals surface area contributed by atoms with E-state index in [4.69, 9.17) is 0 Å². The van der Waals surface area contributed by atoms with Crippen molar-refractivity contribution in [1.82, 2.24) is 0 Å². The molecule has 0 saturated carbocycles. The quantitative estimate of drug-likeness (QED) is 0.428. The molecule has 0 aliphatic carbocycles. The zero-order valence-electron chi connectivity index (χ0n) is 14.7. The smallest absolute Gasteiger partial charge is 0.100 e. The van der Waals surface area contributed by atoms with E-state index in [0.29, 0.717) is 11.1 Å². The highest BCUT2D eigenvalue weighted by Crippen LogP contribution is 2.41. The summed E-state index contributed by atoms with van der Waals surface area (Å²) in [5, 5.41) is 23.9. The van der Waals surface area contributed by atoms with Crippen LogP contribution in [0.1, 0.15) is 22.3 Å². The fraction of sp³-hybridized carbons (Fsp3) is 0.0833. The van der Waals surface area contributed by atoms with Crippen LogP contribution in [-0.2, 0) is 0 Å². The molecular weight excluding hydrogens is 316 g/mol. The van der Waals surface area contributed by atoms with Crippen LogP contribution in [0.5, 0.6) is 0 Å². The first kappa shape index (κ1) is 15.9. The predicted octanol–water partition coefficient (Wildman–Crippen LogP) is 6.02. The molecule has 0 saturated heterocycles. The molecule has 2 heteroatoms. The van der Waals surface area contributed by atoms with E-state index in [-0.39, 0.29) is 0 Å². The van der Waals surface area contributed by atoms with Crippen LogP contribution in [-0.4, -0.2) is 0 Å². The third-order valence-corrected chi connectivity index (χ3v) is 4.97. The fourth-order valence-corrected chi connectivity index (χ4v) is 3.78. The third kappa shape index (κ3) is 2.25. The highest BCUT2D eigenvalue weighted by Gasteiger charge is 2.20. The monoisotopic (exact) mass is 332 g/mol. The lowest BCUT2D eigenvalue weighted by atomic mass is 9.84. The largest absolute Gasteiger partial charge is 0.192 e. The molecule has 0 N–H and O–H groups in total. The Morgan fingerprint density at radius 1 is 0.615 bits per heavy atom. The highest BCUT2D eigenvalue weighted by molar-refractivity contribution is 6.10. The van der Waals surface area contributed by atoms with E-state index in [1.54, 1.807) is 0 Å². The van der Waals surface area contributed by atoms with Crippen LogP contribution in [0, 0.1) is 36.5 Å². The number of rotatable bonds is 1. The van der Waals surface area contributed by atoms with Gasteiger partial charge in [-0.25, -0.2) is 0 Å². The molecule has 4 aromatic carbocycles. The number of fused-ring (bicyclic) bond motifs is 2. The van der Waals surface area contributed by atoms with Gasteiger partial charge in [-0.05, 0) is 46.5 Å². The average Bonchev–Trinajstić information content (AvgIpc) is 2.66. The molecule has 0 aliphatic rings. The zero-order chi connectivity index (χ0) is 18.3. The Hall–Kier alpha value is -3.62. The summed E-state index contributed by atoms with van der Waals surface area (Å²) in [7, 11) is 0. The summed E-state index contributed by atoms with van der Waals surface area (Å²) in [6, 6.07) is 25.0. The lowest BCUT2D eigenvalue weighted by molar-refractivity contribution is 1.39. The van der Waals surface area contributed by atoms with Crippen molar-refractivity contribution < 1.29 is 0 Å². The Morgan fingerprint density at radius 2 is 1.00 bits per heavy atom. The molecule has 4 aromatic rings. The summed E-state index contributed by atoms with van der Waals surface area (Å²) in [5.41, 5.74) is 4.84. The van der Waals surface area contributed by atoms with Crippen molar-refractivity contribution in [2.75, 3.05) is 0 Å². The Kier molecular flexibility index (Phi) is 3.68. The maximum atomic E-state index is 9.89. The summed E-state index contributed by atoms with van der Waals surface area (Å²) < 4.78 is 0. The number of hydrogen-bond donors (Lipinski definition) is 0. The normalized spacial score (nSPS) is 10.6. The minimum absolute atomic E-state index is 0.635. The molecule has 0 aliphatic heterocycles. The first-order chi connectivity index (χ1) is 12.7. The third-order valence-electron chi connectivity index (χ3n) is 4.97. The van der Waals surface area contributed by atoms with Gasteiger partial charge in [0, 0.05) is 11.1 Å². The van der Waals surface area contributed by atoms with E-state index in [1.165, 1.54) is 0 Å². The Labute approximate surface area is 152 Å². The maximum Gasteiger partial charge on any atom is 0.100 e. The molecule has 0 unspecified atom stereocenters. The van der Waals surface area contributed by atoms with E-state index in [1.807, 2.05) is 62.4 Å². The SMILES string of the molecule is Cc1cc2ccccc2c(-c2c(C#N)c(C)cc3ccccc23)c1C#N. The van der Waals surface area contributed by atoms with Gasteiger partial charge in [0.15, 0.2) is 0 Å². The summed E-state index contributed by atoms with van der Waals surface area (Å²) in [4.78, 5) is 0. The van der Waals surface area contributed by atoms with Gasteiger partial charge in [-0.3, -0.25) is 0 Å². The van der Waals surface area contributed by atoms with Crippen molar-refractivity contribution in [1.29, 1.82) is 10.5 Å². The second kappa shape index (κ2) is 6.03. The molecule has 0 amide bonds. The van der Waals surface area contributed by atoms with Crippen LogP contribution in [0.2, 0.25) is 0 Å². The summed E-state index contributed by atoms with van der Waals surface area (Å²) in [5.74, 6) is 0. The zero-order valence-corrected chi connectivity index (χ0v) is 14.7. The molecule has 0 bridgehead atoms. The van der Waals surface area contributed by atoms with Gasteiger partial charge in [0.1, 0.15) is 12.1 Å². The molecule has 122 valence electrons. The van der Waals surface area contributed by atoms with Crippen molar-refractivity contribution in [3.63, 3.8) is 0 Å². The molecular formula is C24H16N2. The molecule has 0 aromatic heterocycles. The van der Waals surface area contributed by atoms with Gasteiger partial charge in [-0.2, -0.15) is 10.5 Å². The van der Waals surface area contributed by atoms with E-state index >= 15 is 0 Å². The molecule has 0 spiro atoms. The minimum atomic E-state index is 0.635. The lowest BCUT2D eigenvalue weighted by Gasteiger charge is -2.17. The Bertz CT molecular complexity index is 1170. The number of benzene rings is 4. The van der Waals surface area contributed by atoms with Crippen LogP contribution in [0.15, 0.2) is 60.7 Å². The molecule has 0 fully saturated rings. The first-order valence-electron chi connectivity index (χ1n) is 8.51. The van der Waals surface area contributed by atoms with Crippen molar-refractivity contribution in [2.24, 2.45) is 0 Å². The highest BCUT2D eigenvalue weighted by atomic mass is 14.3. The molecule has 0 heterocycles. The van der Waals surface area contributed by atoms with Crippen LogP contribution in [0.4, 0.5) is 0 Å². The van der Waals surface area contributed by atoms with Crippen molar-refractivity contribution in [3.8, 4) is 23.3 Å². The van der Waals surface area contributed by atoms with Crippen molar-refractivity contribution >= 4 is 21.5 Å². The maximum absolute atomic E-state index is 9.89. The number of aryl methyl sites for hydroxylation is 2. The van der Waals surface area contributed by atoms with Crippen LogP contribution in [0.25, 0.3) is 32.7 Å². The molecule has 0 atom stereocenters. The first-order valence-corrected chi connectivity index (χ1v) is 8.51. The minimum Gasteiger partial charge on any atom is -0.192 e. The molecule has 2 nitrogen and oxygen atoms in total. The molecule has 0 radical (unpaired) electrons. The van der Waals surface area contributed by atoms with Gasteiger partial charge in [0.25, 0.3) is 0 Å². The summed E-state index contributed by atoms with van der Waals surface area (Å²) in [6.45, 7) is 3.91. The summed E-state index contributed by atoms with van der Waals surface area (Å²) in [6.07, 6.45) is 0. The van der Waals surface area contributed by atoms with Gasteiger partial charge < -0.3 is 0 Å². The van der Waals surface area contributed by atoms with Crippen LogP contribution < -0.4 is 0 Å². The van der Waals surface area contributed by atoms with Gasteiger partial charge in [-0.1, -0.05) is 60.7 Å². The standard InChI is InChI=1S/C24H16N2/c1-15-11-17-7-3-5-9-19(17)23(21(15)13-25)24-20-10-6-4-8-18(20)12-16(2)22(24)14-26/h3-12H,1-2H3. The van der Waals surface area contributed by atoms with E-state index < -0.39 is 0 Å². The second-order valence-electron chi connectivity index (χ2n) is 6.55.